The van der Waals surface area contributed by atoms with Gasteiger partial charge in [0.05, 0.1) is 12.2 Å². The van der Waals surface area contributed by atoms with Crippen LogP contribution < -0.4 is 9.64 Å². The SMILES string of the molecule is CCN(CC)c1ccc(C(=O)N2CCCC(Oc3ccc(C)nn3)C2)cc1. The Morgan fingerprint density at radius 1 is 1.15 bits per heavy atom. The van der Waals surface area contributed by atoms with Crippen LogP contribution >= 0.6 is 0 Å². The molecule has 0 N–H and O–H groups in total. The molecule has 0 saturated carbocycles. The zero-order valence-corrected chi connectivity index (χ0v) is 16.4. The third kappa shape index (κ3) is 4.76. The maximum atomic E-state index is 12.9. The molecule has 0 aliphatic carbocycles. The van der Waals surface area contributed by atoms with Gasteiger partial charge < -0.3 is 14.5 Å². The standard InChI is InChI=1S/C21H28N4O2/c1-4-24(5-2)18-11-9-17(10-12-18)21(26)25-14-6-7-19(15-25)27-20-13-8-16(3)22-23-20/h8-13,19H,4-7,14-15H2,1-3H3. The normalized spacial score (nSPS) is 16.9. The topological polar surface area (TPSA) is 58.6 Å². The maximum Gasteiger partial charge on any atom is 0.253 e. The van der Waals surface area contributed by atoms with Gasteiger partial charge in [-0.3, -0.25) is 4.79 Å². The summed E-state index contributed by atoms with van der Waals surface area (Å²) in [4.78, 5) is 17.0. The van der Waals surface area contributed by atoms with Gasteiger partial charge in [0.15, 0.2) is 0 Å². The number of nitrogens with zero attached hydrogens (tertiary/aromatic N) is 4. The van der Waals surface area contributed by atoms with Gasteiger partial charge in [-0.05, 0) is 63.9 Å². The van der Waals surface area contributed by atoms with E-state index in [1.165, 1.54) is 0 Å². The smallest absolute Gasteiger partial charge is 0.253 e. The molecule has 3 rings (SSSR count). The molecule has 6 heteroatoms. The van der Waals surface area contributed by atoms with Crippen molar-refractivity contribution in [1.29, 1.82) is 0 Å². The molecule has 1 aliphatic heterocycles. The highest BCUT2D eigenvalue weighted by molar-refractivity contribution is 5.94. The van der Waals surface area contributed by atoms with E-state index < -0.39 is 0 Å². The van der Waals surface area contributed by atoms with E-state index in [1.807, 2.05) is 48.2 Å². The molecular formula is C21H28N4O2. The van der Waals surface area contributed by atoms with Crippen molar-refractivity contribution in [1.82, 2.24) is 15.1 Å². The molecule has 2 aromatic rings. The lowest BCUT2D eigenvalue weighted by molar-refractivity contribution is 0.0525. The van der Waals surface area contributed by atoms with Crippen molar-refractivity contribution in [3.63, 3.8) is 0 Å². The first-order valence-corrected chi connectivity index (χ1v) is 9.72. The van der Waals surface area contributed by atoms with Crippen molar-refractivity contribution in [3.05, 3.63) is 47.7 Å². The second-order valence-electron chi connectivity index (χ2n) is 6.87. The predicted octanol–water partition coefficient (Wildman–Crippen LogP) is 3.31. The number of aromatic nitrogens is 2. The number of likely N-dealkylation sites (tertiary alicyclic amines) is 1. The van der Waals surface area contributed by atoms with E-state index in [4.69, 9.17) is 4.74 Å². The van der Waals surface area contributed by atoms with E-state index in [-0.39, 0.29) is 12.0 Å². The molecule has 1 aliphatic rings. The highest BCUT2D eigenvalue weighted by Crippen LogP contribution is 2.20. The molecule has 1 saturated heterocycles. The summed E-state index contributed by atoms with van der Waals surface area (Å²) >= 11 is 0. The molecule has 1 aromatic heterocycles. The summed E-state index contributed by atoms with van der Waals surface area (Å²) in [6, 6.07) is 11.6. The fourth-order valence-electron chi connectivity index (χ4n) is 3.43. The first kappa shape index (κ1) is 19.1. The first-order chi connectivity index (χ1) is 13.1. The summed E-state index contributed by atoms with van der Waals surface area (Å²) in [5, 5.41) is 8.09. The minimum atomic E-state index is -0.0466. The van der Waals surface area contributed by atoms with Crippen LogP contribution in [-0.2, 0) is 0 Å². The van der Waals surface area contributed by atoms with E-state index in [9.17, 15) is 4.79 Å². The van der Waals surface area contributed by atoms with E-state index in [0.717, 1.165) is 49.4 Å². The second kappa shape index (κ2) is 8.84. The Kier molecular flexibility index (Phi) is 6.27. The Balaban J connectivity index is 1.63. The molecule has 0 spiro atoms. The van der Waals surface area contributed by atoms with Gasteiger partial charge in [-0.15, -0.1) is 5.10 Å². The Labute approximate surface area is 161 Å². The maximum absolute atomic E-state index is 12.9. The van der Waals surface area contributed by atoms with E-state index >= 15 is 0 Å². The number of piperidine rings is 1. The molecule has 6 nitrogen and oxygen atoms in total. The lowest BCUT2D eigenvalue weighted by Crippen LogP contribution is -2.44. The van der Waals surface area contributed by atoms with Gasteiger partial charge in [0.1, 0.15) is 6.10 Å². The number of hydrogen-bond acceptors (Lipinski definition) is 5. The van der Waals surface area contributed by atoms with Crippen molar-refractivity contribution in [2.75, 3.05) is 31.1 Å². The Hall–Kier alpha value is -2.63. The van der Waals surface area contributed by atoms with Gasteiger partial charge in [-0.25, -0.2) is 0 Å². The summed E-state index contributed by atoms with van der Waals surface area (Å²) in [6.45, 7) is 9.41. The molecule has 144 valence electrons. The number of aryl methyl sites for hydroxylation is 1. The summed E-state index contributed by atoms with van der Waals surface area (Å²) in [6.07, 6.45) is 1.79. The van der Waals surface area contributed by atoms with Crippen molar-refractivity contribution in [2.24, 2.45) is 0 Å². The van der Waals surface area contributed by atoms with Gasteiger partial charge in [0.25, 0.3) is 5.91 Å². The van der Waals surface area contributed by atoms with E-state index in [2.05, 4.69) is 28.9 Å². The number of benzene rings is 1. The van der Waals surface area contributed by atoms with Crippen LogP contribution in [0.1, 0.15) is 42.7 Å². The fourth-order valence-corrected chi connectivity index (χ4v) is 3.43. The summed E-state index contributed by atoms with van der Waals surface area (Å²) in [5.41, 5.74) is 2.73. The zero-order valence-electron chi connectivity index (χ0n) is 16.4. The Bertz CT molecular complexity index is 742. The molecule has 27 heavy (non-hydrogen) atoms. The molecule has 0 radical (unpaired) electrons. The molecule has 1 atom stereocenters. The number of hydrogen-bond donors (Lipinski definition) is 0. The van der Waals surface area contributed by atoms with Crippen molar-refractivity contribution in [3.8, 4) is 5.88 Å². The zero-order chi connectivity index (χ0) is 19.2. The number of carbonyl (C=O) groups excluding carboxylic acids is 1. The Morgan fingerprint density at radius 3 is 2.52 bits per heavy atom. The average molecular weight is 368 g/mol. The Morgan fingerprint density at radius 2 is 1.89 bits per heavy atom. The number of amides is 1. The lowest BCUT2D eigenvalue weighted by Gasteiger charge is -2.32. The third-order valence-electron chi connectivity index (χ3n) is 4.97. The largest absolute Gasteiger partial charge is 0.471 e. The number of rotatable bonds is 6. The minimum absolute atomic E-state index is 0.0466. The highest BCUT2D eigenvalue weighted by Gasteiger charge is 2.26. The van der Waals surface area contributed by atoms with Gasteiger partial charge in [-0.1, -0.05) is 0 Å². The van der Waals surface area contributed by atoms with Crippen LogP contribution in [0.4, 0.5) is 5.69 Å². The van der Waals surface area contributed by atoms with Gasteiger partial charge in [0.2, 0.25) is 5.88 Å². The third-order valence-corrected chi connectivity index (χ3v) is 4.97. The molecule has 1 unspecified atom stereocenters. The predicted molar refractivity (Wildman–Crippen MR) is 106 cm³/mol. The molecule has 0 bridgehead atoms. The van der Waals surface area contributed by atoms with Crippen molar-refractivity contribution in [2.45, 2.75) is 39.7 Å². The molecule has 1 amide bonds. The average Bonchev–Trinajstić information content (AvgIpc) is 2.71. The highest BCUT2D eigenvalue weighted by atomic mass is 16.5. The minimum Gasteiger partial charge on any atom is -0.471 e. The van der Waals surface area contributed by atoms with Crippen LogP contribution in [0.2, 0.25) is 0 Å². The quantitative estimate of drug-likeness (QED) is 0.783. The van der Waals surface area contributed by atoms with E-state index in [0.29, 0.717) is 12.4 Å². The number of ether oxygens (including phenoxy) is 1. The van der Waals surface area contributed by atoms with Crippen LogP contribution in [0.15, 0.2) is 36.4 Å². The first-order valence-electron chi connectivity index (χ1n) is 9.72. The summed E-state index contributed by atoms with van der Waals surface area (Å²) in [5.74, 6) is 0.577. The number of carbonyl (C=O) groups is 1. The van der Waals surface area contributed by atoms with Crippen molar-refractivity contribution < 1.29 is 9.53 Å². The lowest BCUT2D eigenvalue weighted by atomic mass is 10.1. The molecule has 1 fully saturated rings. The van der Waals surface area contributed by atoms with Crippen LogP contribution in [0.25, 0.3) is 0 Å². The van der Waals surface area contributed by atoms with Crippen LogP contribution in [0.5, 0.6) is 5.88 Å². The molecule has 1 aromatic carbocycles. The fraction of sp³-hybridized carbons (Fsp3) is 0.476. The second-order valence-corrected chi connectivity index (χ2v) is 6.87. The molecule has 2 heterocycles. The van der Waals surface area contributed by atoms with Crippen LogP contribution in [0.3, 0.4) is 0 Å². The molecular weight excluding hydrogens is 340 g/mol. The van der Waals surface area contributed by atoms with Gasteiger partial charge in [-0.2, -0.15) is 5.10 Å². The van der Waals surface area contributed by atoms with E-state index in [1.54, 1.807) is 0 Å². The number of anilines is 1. The van der Waals surface area contributed by atoms with Crippen LogP contribution in [0, 0.1) is 6.92 Å². The monoisotopic (exact) mass is 368 g/mol. The van der Waals surface area contributed by atoms with Gasteiger partial charge >= 0.3 is 0 Å². The summed E-state index contributed by atoms with van der Waals surface area (Å²) < 4.78 is 5.93. The summed E-state index contributed by atoms with van der Waals surface area (Å²) in [7, 11) is 0. The van der Waals surface area contributed by atoms with Gasteiger partial charge in [0, 0.05) is 37.0 Å². The van der Waals surface area contributed by atoms with Crippen molar-refractivity contribution >= 4 is 11.6 Å². The van der Waals surface area contributed by atoms with Crippen LogP contribution in [-0.4, -0.2) is 53.3 Å².